The lowest BCUT2D eigenvalue weighted by atomic mass is 10.1. The van der Waals surface area contributed by atoms with E-state index in [2.05, 4.69) is 41.2 Å². The minimum atomic E-state index is -0.0680. The van der Waals surface area contributed by atoms with E-state index in [9.17, 15) is 4.79 Å². The van der Waals surface area contributed by atoms with Crippen molar-refractivity contribution < 1.29 is 4.79 Å². The Labute approximate surface area is 124 Å². The summed E-state index contributed by atoms with van der Waals surface area (Å²) in [7, 11) is 2.16. The average Bonchev–Trinajstić information content (AvgIpc) is 3.07. The normalized spacial score (nSPS) is 31.4. The summed E-state index contributed by atoms with van der Waals surface area (Å²) in [6.45, 7) is 7.22. The number of carbonyl (C=O) groups is 1. The predicted octanol–water partition coefficient (Wildman–Crippen LogP) is 1.83. The molecule has 1 aromatic rings. The Bertz CT molecular complexity index is 501. The van der Waals surface area contributed by atoms with Crippen molar-refractivity contribution in [1.82, 2.24) is 15.1 Å². The van der Waals surface area contributed by atoms with E-state index in [0.29, 0.717) is 5.92 Å². The van der Waals surface area contributed by atoms with Gasteiger partial charge in [0.1, 0.15) is 6.17 Å². The Hall–Kier alpha value is -0.910. The molecular weight excluding hydrogens is 270 g/mol. The average molecular weight is 293 g/mol. The molecule has 0 aliphatic carbocycles. The highest BCUT2D eigenvalue weighted by atomic mass is 32.1. The lowest BCUT2D eigenvalue weighted by Crippen LogP contribution is -2.35. The van der Waals surface area contributed by atoms with Crippen molar-refractivity contribution in [2.24, 2.45) is 5.92 Å². The van der Waals surface area contributed by atoms with Crippen LogP contribution in [0.4, 0.5) is 0 Å². The quantitative estimate of drug-likeness (QED) is 0.923. The third-order valence-electron chi connectivity index (χ3n) is 4.35. The van der Waals surface area contributed by atoms with Crippen LogP contribution in [0.25, 0.3) is 0 Å². The van der Waals surface area contributed by atoms with Gasteiger partial charge in [0.25, 0.3) is 0 Å². The van der Waals surface area contributed by atoms with E-state index in [1.165, 1.54) is 16.2 Å². The fraction of sp³-hybridized carbons (Fsp3) is 0.667. The molecule has 110 valence electrons. The smallest absolute Gasteiger partial charge is 0.241 e. The maximum atomic E-state index is 12.4. The number of aryl methyl sites for hydroxylation is 1. The van der Waals surface area contributed by atoms with E-state index >= 15 is 0 Å². The Morgan fingerprint density at radius 2 is 2.25 bits per heavy atom. The molecule has 2 saturated heterocycles. The van der Waals surface area contributed by atoms with E-state index in [-0.39, 0.29) is 18.1 Å². The summed E-state index contributed by atoms with van der Waals surface area (Å²) >= 11 is 1.78. The zero-order valence-electron chi connectivity index (χ0n) is 12.4. The lowest BCUT2D eigenvalue weighted by molar-refractivity contribution is -0.130. The number of amides is 1. The fourth-order valence-corrected chi connectivity index (χ4v) is 4.21. The van der Waals surface area contributed by atoms with Gasteiger partial charge < -0.3 is 9.80 Å². The molecule has 2 aliphatic heterocycles. The van der Waals surface area contributed by atoms with Gasteiger partial charge in [-0.3, -0.25) is 10.1 Å². The van der Waals surface area contributed by atoms with Gasteiger partial charge in [0.2, 0.25) is 5.91 Å². The second-order valence-electron chi connectivity index (χ2n) is 6.15. The van der Waals surface area contributed by atoms with Crippen molar-refractivity contribution in [2.45, 2.75) is 32.5 Å². The largest absolute Gasteiger partial charge is 0.320 e. The first-order valence-corrected chi connectivity index (χ1v) is 8.17. The molecule has 2 aliphatic rings. The first-order valence-electron chi connectivity index (χ1n) is 7.36. The van der Waals surface area contributed by atoms with E-state index in [4.69, 9.17) is 0 Å². The van der Waals surface area contributed by atoms with Crippen LogP contribution in [0.2, 0.25) is 0 Å². The maximum Gasteiger partial charge on any atom is 0.241 e. The second kappa shape index (κ2) is 5.47. The molecule has 4 nitrogen and oxygen atoms in total. The molecule has 3 rings (SSSR count). The zero-order chi connectivity index (χ0) is 14.3. The van der Waals surface area contributed by atoms with Gasteiger partial charge in [-0.15, -0.1) is 11.3 Å². The van der Waals surface area contributed by atoms with Gasteiger partial charge in [-0.25, -0.2) is 0 Å². The number of hydrogen-bond donors (Lipinski definition) is 1. The van der Waals surface area contributed by atoms with Crippen LogP contribution in [-0.4, -0.2) is 48.4 Å². The van der Waals surface area contributed by atoms with E-state index in [0.717, 1.165) is 19.6 Å². The van der Waals surface area contributed by atoms with Crippen LogP contribution < -0.4 is 5.32 Å². The SMILES string of the molecule is Cc1ccc(C2NC(C)C(=O)N2CC2CCN(C)C2)s1. The summed E-state index contributed by atoms with van der Waals surface area (Å²) in [4.78, 5) is 19.4. The molecule has 3 heterocycles. The van der Waals surface area contributed by atoms with Gasteiger partial charge in [0.05, 0.1) is 6.04 Å². The molecule has 0 bridgehead atoms. The van der Waals surface area contributed by atoms with Crippen molar-refractivity contribution in [3.8, 4) is 0 Å². The molecular formula is C15H23N3OS. The molecule has 3 unspecified atom stereocenters. The summed E-state index contributed by atoms with van der Waals surface area (Å²) < 4.78 is 0. The van der Waals surface area contributed by atoms with Gasteiger partial charge >= 0.3 is 0 Å². The van der Waals surface area contributed by atoms with Crippen molar-refractivity contribution in [2.75, 3.05) is 26.7 Å². The topological polar surface area (TPSA) is 35.6 Å². The molecule has 1 N–H and O–H groups in total. The molecule has 3 atom stereocenters. The van der Waals surface area contributed by atoms with E-state index < -0.39 is 0 Å². The fourth-order valence-electron chi connectivity index (χ4n) is 3.26. The second-order valence-corrected chi connectivity index (χ2v) is 7.47. The number of rotatable bonds is 3. The molecule has 0 saturated carbocycles. The van der Waals surface area contributed by atoms with E-state index in [1.807, 2.05) is 6.92 Å². The number of thiophene rings is 1. The van der Waals surface area contributed by atoms with Gasteiger partial charge in [-0.2, -0.15) is 0 Å². The summed E-state index contributed by atoms with van der Waals surface area (Å²) in [5.74, 6) is 0.857. The summed E-state index contributed by atoms with van der Waals surface area (Å²) in [5.41, 5.74) is 0. The number of carbonyl (C=O) groups excluding carboxylic acids is 1. The van der Waals surface area contributed by atoms with Crippen LogP contribution in [-0.2, 0) is 4.79 Å². The van der Waals surface area contributed by atoms with Crippen molar-refractivity contribution >= 4 is 17.2 Å². The monoisotopic (exact) mass is 293 g/mol. The Kier molecular flexibility index (Phi) is 3.84. The molecule has 5 heteroatoms. The predicted molar refractivity (Wildman–Crippen MR) is 81.7 cm³/mol. The third kappa shape index (κ3) is 2.62. The first kappa shape index (κ1) is 14.0. The molecule has 0 radical (unpaired) electrons. The number of likely N-dealkylation sites (tertiary alicyclic amines) is 1. The molecule has 1 aromatic heterocycles. The molecule has 20 heavy (non-hydrogen) atoms. The third-order valence-corrected chi connectivity index (χ3v) is 5.40. The number of nitrogens with zero attached hydrogens (tertiary/aromatic N) is 2. The van der Waals surface area contributed by atoms with Crippen LogP contribution in [0, 0.1) is 12.8 Å². The standard InChI is InChI=1S/C15H23N3OS/c1-10-4-5-13(20-10)14-16-11(2)15(19)18(14)9-12-6-7-17(3)8-12/h4-5,11-12,14,16H,6-9H2,1-3H3. The molecule has 1 amide bonds. The first-order chi connectivity index (χ1) is 9.54. The van der Waals surface area contributed by atoms with Crippen LogP contribution in [0.1, 0.15) is 29.3 Å². The Morgan fingerprint density at radius 1 is 1.45 bits per heavy atom. The molecule has 0 spiro atoms. The summed E-state index contributed by atoms with van der Waals surface area (Å²) in [5, 5.41) is 3.44. The zero-order valence-corrected chi connectivity index (χ0v) is 13.2. The Morgan fingerprint density at radius 3 is 2.85 bits per heavy atom. The van der Waals surface area contributed by atoms with Gasteiger partial charge in [-0.05, 0) is 51.9 Å². The van der Waals surface area contributed by atoms with Crippen molar-refractivity contribution in [1.29, 1.82) is 0 Å². The van der Waals surface area contributed by atoms with Gasteiger partial charge in [-0.1, -0.05) is 0 Å². The van der Waals surface area contributed by atoms with Gasteiger partial charge in [0.15, 0.2) is 0 Å². The van der Waals surface area contributed by atoms with Crippen LogP contribution in [0.3, 0.4) is 0 Å². The summed E-state index contributed by atoms with van der Waals surface area (Å²) in [6.07, 6.45) is 1.27. The molecule has 0 aromatic carbocycles. The highest BCUT2D eigenvalue weighted by Crippen LogP contribution is 2.32. The summed E-state index contributed by atoms with van der Waals surface area (Å²) in [6, 6.07) is 4.22. The Balaban J connectivity index is 1.76. The minimum Gasteiger partial charge on any atom is -0.320 e. The highest BCUT2D eigenvalue weighted by molar-refractivity contribution is 7.12. The van der Waals surface area contributed by atoms with Crippen LogP contribution in [0.5, 0.6) is 0 Å². The lowest BCUT2D eigenvalue weighted by Gasteiger charge is -2.26. The van der Waals surface area contributed by atoms with E-state index in [1.54, 1.807) is 11.3 Å². The minimum absolute atomic E-state index is 0.0680. The number of nitrogens with one attached hydrogen (secondary N) is 1. The van der Waals surface area contributed by atoms with Crippen molar-refractivity contribution in [3.63, 3.8) is 0 Å². The van der Waals surface area contributed by atoms with Gasteiger partial charge in [0, 0.05) is 22.8 Å². The van der Waals surface area contributed by atoms with Crippen LogP contribution in [0.15, 0.2) is 12.1 Å². The maximum absolute atomic E-state index is 12.4. The van der Waals surface area contributed by atoms with Crippen LogP contribution >= 0.6 is 11.3 Å². The molecule has 2 fully saturated rings. The highest BCUT2D eigenvalue weighted by Gasteiger charge is 2.39. The number of hydrogen-bond acceptors (Lipinski definition) is 4. The van der Waals surface area contributed by atoms with Crippen molar-refractivity contribution in [3.05, 3.63) is 21.9 Å².